The van der Waals surface area contributed by atoms with E-state index in [1.54, 1.807) is 0 Å². The molecule has 96 valence electrons. The molecule has 0 spiro atoms. The van der Waals surface area contributed by atoms with E-state index in [2.05, 4.69) is 56.8 Å². The molecular formula is C16H22N2. The van der Waals surface area contributed by atoms with Crippen LogP contribution in [0.15, 0.2) is 36.7 Å². The summed E-state index contributed by atoms with van der Waals surface area (Å²) in [6, 6.07) is 8.48. The summed E-state index contributed by atoms with van der Waals surface area (Å²) in [5.74, 6) is 0.885. The largest absolute Gasteiger partial charge is 0.398 e. The Labute approximate surface area is 109 Å². The quantitative estimate of drug-likeness (QED) is 0.799. The van der Waals surface area contributed by atoms with E-state index in [0.717, 1.165) is 5.69 Å². The number of nitrogens with zero attached hydrogens (tertiary/aromatic N) is 1. The summed E-state index contributed by atoms with van der Waals surface area (Å²) in [6.07, 6.45) is 4.14. The number of hydrogen-bond donors (Lipinski definition) is 1. The summed E-state index contributed by atoms with van der Waals surface area (Å²) >= 11 is 0. The lowest BCUT2D eigenvalue weighted by atomic mass is 9.92. The Morgan fingerprint density at radius 3 is 1.72 bits per heavy atom. The van der Waals surface area contributed by atoms with Crippen LogP contribution in [0.2, 0.25) is 0 Å². The maximum atomic E-state index is 6.30. The van der Waals surface area contributed by atoms with Crippen LogP contribution in [0.1, 0.15) is 50.7 Å². The zero-order chi connectivity index (χ0) is 13.3. The highest BCUT2D eigenvalue weighted by Gasteiger charge is 2.13. The number of nitrogen functional groups attached to an aromatic ring is 1. The molecule has 1 heterocycles. The van der Waals surface area contributed by atoms with Gasteiger partial charge in [0, 0.05) is 23.8 Å². The fourth-order valence-corrected chi connectivity index (χ4v) is 2.29. The van der Waals surface area contributed by atoms with Gasteiger partial charge in [-0.1, -0.05) is 27.7 Å². The molecule has 18 heavy (non-hydrogen) atoms. The van der Waals surface area contributed by atoms with Gasteiger partial charge in [-0.3, -0.25) is 0 Å². The van der Waals surface area contributed by atoms with Crippen molar-refractivity contribution < 1.29 is 0 Å². The number of hydrogen-bond acceptors (Lipinski definition) is 1. The highest BCUT2D eigenvalue weighted by atomic mass is 14.9. The van der Waals surface area contributed by atoms with Crippen LogP contribution in [0.3, 0.4) is 0 Å². The fourth-order valence-electron chi connectivity index (χ4n) is 2.29. The number of benzene rings is 1. The minimum Gasteiger partial charge on any atom is -0.398 e. The van der Waals surface area contributed by atoms with Crippen LogP contribution in [-0.4, -0.2) is 4.57 Å². The van der Waals surface area contributed by atoms with Crippen molar-refractivity contribution in [3.63, 3.8) is 0 Å². The van der Waals surface area contributed by atoms with Crippen molar-refractivity contribution in [3.8, 4) is 5.69 Å². The molecule has 0 bridgehead atoms. The van der Waals surface area contributed by atoms with Crippen LogP contribution in [0.25, 0.3) is 5.69 Å². The number of rotatable bonds is 3. The van der Waals surface area contributed by atoms with E-state index in [1.807, 2.05) is 12.1 Å². The first-order valence-corrected chi connectivity index (χ1v) is 6.57. The van der Waals surface area contributed by atoms with Gasteiger partial charge in [-0.05, 0) is 47.2 Å². The van der Waals surface area contributed by atoms with Crippen LogP contribution < -0.4 is 5.73 Å². The second-order valence-electron chi connectivity index (χ2n) is 5.44. The summed E-state index contributed by atoms with van der Waals surface area (Å²) < 4.78 is 2.14. The zero-order valence-corrected chi connectivity index (χ0v) is 11.6. The normalized spacial score (nSPS) is 11.4. The molecule has 0 saturated carbocycles. The van der Waals surface area contributed by atoms with Gasteiger partial charge in [-0.25, -0.2) is 0 Å². The first kappa shape index (κ1) is 12.7. The highest BCUT2D eigenvalue weighted by Crippen LogP contribution is 2.32. The van der Waals surface area contributed by atoms with Crippen molar-refractivity contribution in [2.24, 2.45) is 0 Å². The molecule has 0 aliphatic carbocycles. The second-order valence-corrected chi connectivity index (χ2v) is 5.44. The Bertz CT molecular complexity index is 493. The van der Waals surface area contributed by atoms with Crippen molar-refractivity contribution in [2.45, 2.75) is 39.5 Å². The SMILES string of the molecule is CC(C)c1cc(-n2cccc2)cc(C(C)C)c1N. The van der Waals surface area contributed by atoms with E-state index in [1.165, 1.54) is 16.8 Å². The molecule has 2 N–H and O–H groups in total. The van der Waals surface area contributed by atoms with Crippen molar-refractivity contribution in [2.75, 3.05) is 5.73 Å². The fraction of sp³-hybridized carbons (Fsp3) is 0.375. The predicted octanol–water partition coefficient (Wildman–Crippen LogP) is 4.31. The molecule has 0 aliphatic heterocycles. The van der Waals surface area contributed by atoms with Crippen molar-refractivity contribution >= 4 is 5.69 Å². The Hall–Kier alpha value is -1.70. The molecule has 1 aromatic carbocycles. The molecule has 0 unspecified atom stereocenters. The lowest BCUT2D eigenvalue weighted by Crippen LogP contribution is -2.05. The van der Waals surface area contributed by atoms with Crippen LogP contribution >= 0.6 is 0 Å². The molecule has 0 fully saturated rings. The van der Waals surface area contributed by atoms with Gasteiger partial charge in [-0.2, -0.15) is 0 Å². The van der Waals surface area contributed by atoms with Gasteiger partial charge >= 0.3 is 0 Å². The molecule has 0 amide bonds. The summed E-state index contributed by atoms with van der Waals surface area (Å²) in [5.41, 5.74) is 10.9. The maximum Gasteiger partial charge on any atom is 0.0456 e. The van der Waals surface area contributed by atoms with Gasteiger partial charge < -0.3 is 10.3 Å². The van der Waals surface area contributed by atoms with Crippen molar-refractivity contribution in [1.29, 1.82) is 0 Å². The Kier molecular flexibility index (Phi) is 3.46. The lowest BCUT2D eigenvalue weighted by Gasteiger charge is -2.19. The Balaban J connectivity index is 2.62. The molecule has 1 aromatic heterocycles. The molecule has 2 rings (SSSR count). The van der Waals surface area contributed by atoms with E-state index < -0.39 is 0 Å². The molecule has 0 aliphatic rings. The first-order chi connectivity index (χ1) is 8.50. The second kappa shape index (κ2) is 4.89. The van der Waals surface area contributed by atoms with E-state index >= 15 is 0 Å². The van der Waals surface area contributed by atoms with Crippen molar-refractivity contribution in [1.82, 2.24) is 4.57 Å². The molecule has 2 nitrogen and oxygen atoms in total. The van der Waals surface area contributed by atoms with Gasteiger partial charge in [0.25, 0.3) is 0 Å². The monoisotopic (exact) mass is 242 g/mol. The first-order valence-electron chi connectivity index (χ1n) is 6.57. The number of anilines is 1. The summed E-state index contributed by atoms with van der Waals surface area (Å²) in [5, 5.41) is 0. The number of nitrogens with two attached hydrogens (primary N) is 1. The summed E-state index contributed by atoms with van der Waals surface area (Å²) in [7, 11) is 0. The Morgan fingerprint density at radius 2 is 1.33 bits per heavy atom. The minimum atomic E-state index is 0.443. The standard InChI is InChI=1S/C16H22N2/c1-11(2)14-9-13(18-7-5-6-8-18)10-15(12(3)4)16(14)17/h5-12H,17H2,1-4H3. The van der Waals surface area contributed by atoms with Gasteiger partial charge in [0.05, 0.1) is 0 Å². The molecule has 0 radical (unpaired) electrons. The third-order valence-corrected chi connectivity index (χ3v) is 3.38. The van der Waals surface area contributed by atoms with Crippen LogP contribution in [-0.2, 0) is 0 Å². The van der Waals surface area contributed by atoms with Crippen LogP contribution in [0.5, 0.6) is 0 Å². The van der Waals surface area contributed by atoms with E-state index in [0.29, 0.717) is 11.8 Å². The summed E-state index contributed by atoms with van der Waals surface area (Å²) in [6.45, 7) is 8.76. The Morgan fingerprint density at radius 1 is 0.889 bits per heavy atom. The average Bonchev–Trinajstić information content (AvgIpc) is 2.82. The van der Waals surface area contributed by atoms with E-state index in [9.17, 15) is 0 Å². The zero-order valence-electron chi connectivity index (χ0n) is 11.6. The molecule has 2 heteroatoms. The smallest absolute Gasteiger partial charge is 0.0456 e. The van der Waals surface area contributed by atoms with Crippen LogP contribution in [0, 0.1) is 0 Å². The predicted molar refractivity (Wildman–Crippen MR) is 78.4 cm³/mol. The van der Waals surface area contributed by atoms with Gasteiger partial charge in [0.2, 0.25) is 0 Å². The third kappa shape index (κ3) is 2.28. The van der Waals surface area contributed by atoms with Crippen molar-refractivity contribution in [3.05, 3.63) is 47.8 Å². The minimum absolute atomic E-state index is 0.443. The molecular weight excluding hydrogens is 220 g/mol. The number of aromatic nitrogens is 1. The summed E-state index contributed by atoms with van der Waals surface area (Å²) in [4.78, 5) is 0. The van der Waals surface area contributed by atoms with Gasteiger partial charge in [0.1, 0.15) is 0 Å². The van der Waals surface area contributed by atoms with Crippen LogP contribution in [0.4, 0.5) is 5.69 Å². The topological polar surface area (TPSA) is 30.9 Å². The maximum absolute atomic E-state index is 6.30. The molecule has 0 saturated heterocycles. The highest BCUT2D eigenvalue weighted by molar-refractivity contribution is 5.61. The van der Waals surface area contributed by atoms with E-state index in [4.69, 9.17) is 5.73 Å². The third-order valence-electron chi connectivity index (χ3n) is 3.38. The average molecular weight is 242 g/mol. The van der Waals surface area contributed by atoms with Gasteiger partial charge in [0.15, 0.2) is 0 Å². The lowest BCUT2D eigenvalue weighted by molar-refractivity contribution is 0.834. The van der Waals surface area contributed by atoms with Gasteiger partial charge in [-0.15, -0.1) is 0 Å². The molecule has 2 aromatic rings. The van der Waals surface area contributed by atoms with E-state index in [-0.39, 0.29) is 0 Å². The molecule has 0 atom stereocenters.